The molecule has 1 amide bonds. The zero-order valence-corrected chi connectivity index (χ0v) is 21.9. The number of nitrogens with two attached hydrogens (primary N) is 2. The van der Waals surface area contributed by atoms with Crippen molar-refractivity contribution >= 4 is 11.7 Å². The summed E-state index contributed by atoms with van der Waals surface area (Å²) in [6.07, 6.45) is 5.46. The normalized spacial score (nSPS) is 11.6. The minimum Gasteiger partial charge on any atom is -0.356 e. The van der Waals surface area contributed by atoms with Crippen molar-refractivity contribution < 1.29 is 9.59 Å². The summed E-state index contributed by atoms with van der Waals surface area (Å²) >= 11 is 0. The van der Waals surface area contributed by atoms with Gasteiger partial charge in [0.25, 0.3) is 0 Å². The van der Waals surface area contributed by atoms with Gasteiger partial charge in [-0.3, -0.25) is 9.59 Å². The van der Waals surface area contributed by atoms with E-state index in [2.05, 4.69) is 64.1 Å². The maximum atomic E-state index is 11.1. The van der Waals surface area contributed by atoms with Crippen LogP contribution in [0.15, 0.2) is 12.7 Å². The van der Waals surface area contributed by atoms with Gasteiger partial charge in [-0.1, -0.05) is 82.2 Å². The number of rotatable bonds is 13. The molecule has 0 aromatic heterocycles. The molecule has 3 unspecified atom stereocenters. The van der Waals surface area contributed by atoms with Crippen LogP contribution >= 0.6 is 0 Å². The van der Waals surface area contributed by atoms with Crippen molar-refractivity contribution in [2.24, 2.45) is 29.2 Å². The topological polar surface area (TPSA) is 122 Å². The maximum absolute atomic E-state index is 11.1. The Morgan fingerprint density at radius 3 is 1.52 bits per heavy atom. The lowest BCUT2D eigenvalue weighted by molar-refractivity contribution is -0.118. The Morgan fingerprint density at radius 2 is 1.30 bits per heavy atom. The fourth-order valence-electron chi connectivity index (χ4n) is 1.44. The highest BCUT2D eigenvalue weighted by Crippen LogP contribution is 1.97. The number of ketones is 1. The predicted molar refractivity (Wildman–Crippen MR) is 151 cm³/mol. The van der Waals surface area contributed by atoms with Gasteiger partial charge in [-0.25, -0.2) is 0 Å². The highest BCUT2D eigenvalue weighted by Gasteiger charge is 2.00. The van der Waals surface area contributed by atoms with Crippen LogP contribution in [0, 0.1) is 17.8 Å². The van der Waals surface area contributed by atoms with E-state index >= 15 is 0 Å². The Kier molecular flexibility index (Phi) is 52.1. The van der Waals surface area contributed by atoms with Crippen LogP contribution in [-0.2, 0) is 9.59 Å². The third kappa shape index (κ3) is 49.1. The van der Waals surface area contributed by atoms with E-state index in [-0.39, 0.29) is 26.5 Å². The second kappa shape index (κ2) is 38.0. The first-order chi connectivity index (χ1) is 14.6. The zero-order valence-electron chi connectivity index (χ0n) is 21.9. The van der Waals surface area contributed by atoms with E-state index in [1.54, 1.807) is 14.1 Å². The largest absolute Gasteiger partial charge is 0.356 e. The van der Waals surface area contributed by atoms with Crippen molar-refractivity contribution in [2.75, 3.05) is 46.8 Å². The van der Waals surface area contributed by atoms with Gasteiger partial charge in [-0.15, -0.1) is 0 Å². The molecule has 7 nitrogen and oxygen atoms in total. The average Bonchev–Trinajstić information content (AvgIpc) is 2.81. The second-order valence-corrected chi connectivity index (χ2v) is 7.85. The van der Waals surface area contributed by atoms with Gasteiger partial charge in [0.1, 0.15) is 5.78 Å². The molecule has 0 heterocycles. The number of nitrogens with one attached hydrogen (secondary N) is 3. The fraction of sp³-hybridized carbons (Fsp3) is 0.846. The lowest BCUT2D eigenvalue weighted by atomic mass is 10.1. The third-order valence-electron chi connectivity index (χ3n) is 4.77. The van der Waals surface area contributed by atoms with Crippen molar-refractivity contribution in [3.63, 3.8) is 0 Å². The molecule has 3 atom stereocenters. The fourth-order valence-corrected chi connectivity index (χ4v) is 1.44. The van der Waals surface area contributed by atoms with Crippen LogP contribution in [0.4, 0.5) is 0 Å². The molecule has 0 aliphatic heterocycles. The predicted octanol–water partition coefficient (Wildman–Crippen LogP) is 3.97. The molecule has 0 bridgehead atoms. The Labute approximate surface area is 208 Å². The molecule has 0 aliphatic rings. The van der Waals surface area contributed by atoms with E-state index in [1.807, 2.05) is 0 Å². The summed E-state index contributed by atoms with van der Waals surface area (Å²) in [4.78, 5) is 21.0. The van der Waals surface area contributed by atoms with Gasteiger partial charge in [0.05, 0.1) is 6.54 Å². The lowest BCUT2D eigenvalue weighted by Crippen LogP contribution is -2.26. The van der Waals surface area contributed by atoms with Gasteiger partial charge in [0.2, 0.25) is 5.91 Å². The summed E-state index contributed by atoms with van der Waals surface area (Å²) in [6.45, 7) is 20.2. The monoisotopic (exact) mass is 477 g/mol. The van der Waals surface area contributed by atoms with E-state index in [0.29, 0.717) is 30.7 Å². The van der Waals surface area contributed by atoms with Gasteiger partial charge in [-0.2, -0.15) is 0 Å². The van der Waals surface area contributed by atoms with Gasteiger partial charge in [-0.05, 0) is 50.5 Å². The molecule has 0 saturated carbocycles. The molecule has 33 heavy (non-hydrogen) atoms. The molecule has 0 aromatic rings. The van der Waals surface area contributed by atoms with Crippen LogP contribution in [0.1, 0.15) is 82.1 Å². The lowest BCUT2D eigenvalue weighted by Gasteiger charge is -2.09. The first-order valence-electron chi connectivity index (χ1n) is 11.7. The van der Waals surface area contributed by atoms with E-state index in [9.17, 15) is 9.59 Å². The molecule has 204 valence electrons. The number of hydrogen-bond acceptors (Lipinski definition) is 6. The zero-order chi connectivity index (χ0) is 25.1. The average molecular weight is 478 g/mol. The maximum Gasteiger partial charge on any atom is 0.243 e. The van der Waals surface area contributed by atoms with Crippen LogP contribution in [0.25, 0.3) is 0 Å². The first kappa shape index (κ1) is 45.3. The van der Waals surface area contributed by atoms with Crippen molar-refractivity contribution in [1.29, 1.82) is 0 Å². The smallest absolute Gasteiger partial charge is 0.243 e. The Bertz CT molecular complexity index is 375. The van der Waals surface area contributed by atoms with Crippen LogP contribution in [0.5, 0.6) is 0 Å². The van der Waals surface area contributed by atoms with Crippen molar-refractivity contribution in [2.45, 2.75) is 82.1 Å². The second-order valence-electron chi connectivity index (χ2n) is 7.85. The third-order valence-corrected chi connectivity index (χ3v) is 4.77. The summed E-state index contributed by atoms with van der Waals surface area (Å²) in [5.41, 5.74) is 10.6. The van der Waals surface area contributed by atoms with E-state index in [1.165, 1.54) is 25.3 Å². The molecule has 0 aliphatic carbocycles. The molecule has 7 heteroatoms. The minimum absolute atomic E-state index is 0. The number of amides is 1. The number of hydrogen-bond donors (Lipinski definition) is 5. The molecular weight excluding hydrogens is 414 g/mol. The standard InChI is InChI=1S/C10H22N2O.2C5H13N.C4H7NO.2CH4/c1-4-9(2)7-12-6-5-10(13)8-11-3;2*1-3-5(2)4-6;1-3-4(6)5-2;;/h9,11-12H,4-8H2,1-3H3;2*5H,3-4,6H2,1-2H3;3H,1H2,2H3,(H,5,6);2*1H4. The van der Waals surface area contributed by atoms with Crippen molar-refractivity contribution in [3.8, 4) is 0 Å². The van der Waals surface area contributed by atoms with Gasteiger partial charge in [0.15, 0.2) is 0 Å². The summed E-state index contributed by atoms with van der Waals surface area (Å²) in [6, 6.07) is 0. The molecule has 0 rings (SSSR count). The van der Waals surface area contributed by atoms with Crippen LogP contribution in [0.3, 0.4) is 0 Å². The molecule has 0 spiro atoms. The van der Waals surface area contributed by atoms with Gasteiger partial charge < -0.3 is 27.4 Å². The van der Waals surface area contributed by atoms with E-state index < -0.39 is 0 Å². The highest BCUT2D eigenvalue weighted by molar-refractivity contribution is 5.86. The van der Waals surface area contributed by atoms with Crippen LogP contribution in [0.2, 0.25) is 0 Å². The van der Waals surface area contributed by atoms with Gasteiger partial charge >= 0.3 is 0 Å². The summed E-state index contributed by atoms with van der Waals surface area (Å²) < 4.78 is 0. The van der Waals surface area contributed by atoms with E-state index in [0.717, 1.165) is 26.2 Å². The highest BCUT2D eigenvalue weighted by atomic mass is 16.1. The van der Waals surface area contributed by atoms with Crippen LogP contribution < -0.4 is 27.4 Å². The Balaban J connectivity index is -0.0000000780. The number of carbonyl (C=O) groups excluding carboxylic acids is 2. The van der Waals surface area contributed by atoms with Gasteiger partial charge in [0, 0.05) is 20.0 Å². The molecule has 0 radical (unpaired) electrons. The number of carbonyl (C=O) groups is 2. The minimum atomic E-state index is -0.144. The first-order valence-corrected chi connectivity index (χ1v) is 11.7. The molecular formula is C26H63N5O2. The molecule has 7 N–H and O–H groups in total. The molecule has 0 aromatic carbocycles. The number of Topliss-reactive ketones (excluding diaryl/α,β-unsaturated/α-hetero) is 1. The van der Waals surface area contributed by atoms with Crippen molar-refractivity contribution in [1.82, 2.24) is 16.0 Å². The summed E-state index contributed by atoms with van der Waals surface area (Å²) in [7, 11) is 3.36. The summed E-state index contributed by atoms with van der Waals surface area (Å²) in [5, 5.41) is 8.49. The molecule has 0 fully saturated rings. The van der Waals surface area contributed by atoms with Crippen molar-refractivity contribution in [3.05, 3.63) is 12.7 Å². The van der Waals surface area contributed by atoms with Crippen LogP contribution in [-0.4, -0.2) is 58.5 Å². The molecule has 0 saturated heterocycles. The van der Waals surface area contributed by atoms with E-state index in [4.69, 9.17) is 11.5 Å². The Morgan fingerprint density at radius 1 is 0.879 bits per heavy atom. The SMILES string of the molecule is C.C.C=CC(=O)NC.CCC(C)CN.CCC(C)CN.CCC(C)CNCCC(=O)CNC. The Hall–Kier alpha value is -1.28. The quantitative estimate of drug-likeness (QED) is 0.202. The number of likely N-dealkylation sites (N-methyl/N-ethyl adjacent to an activating group) is 2. The summed E-state index contributed by atoms with van der Waals surface area (Å²) in [5.74, 6) is 2.27.